The third-order valence-electron chi connectivity index (χ3n) is 4.33. The minimum atomic E-state index is -3.62. The van der Waals surface area contributed by atoms with Crippen LogP contribution in [0.1, 0.15) is 19.3 Å². The van der Waals surface area contributed by atoms with Crippen molar-refractivity contribution in [3.63, 3.8) is 0 Å². The zero-order chi connectivity index (χ0) is 15.7. The first-order valence-corrected chi connectivity index (χ1v) is 8.40. The van der Waals surface area contributed by atoms with E-state index in [1.165, 1.54) is 19.2 Å². The number of rotatable bonds is 6. The molecule has 3 N–H and O–H groups in total. The number of benzene rings is 1. The molecule has 0 atom stereocenters. The normalized spacial score (nSPS) is 17.5. The van der Waals surface area contributed by atoms with E-state index in [0.29, 0.717) is 12.3 Å². The first-order valence-electron chi connectivity index (χ1n) is 6.91. The molecule has 6 nitrogen and oxygen atoms in total. The molecule has 0 spiro atoms. The molecule has 1 saturated carbocycles. The maximum absolute atomic E-state index is 12.4. The topological polar surface area (TPSA) is 84.7 Å². The van der Waals surface area contributed by atoms with Crippen molar-refractivity contribution in [3.05, 3.63) is 18.2 Å². The highest BCUT2D eigenvalue weighted by molar-refractivity contribution is 7.89. The third kappa shape index (κ3) is 3.14. The van der Waals surface area contributed by atoms with Crippen molar-refractivity contribution in [2.45, 2.75) is 29.7 Å². The molecular formula is C14H23N3O3S. The van der Waals surface area contributed by atoms with Crippen LogP contribution >= 0.6 is 0 Å². The number of nitrogens with two attached hydrogens (primary N) is 1. The summed E-state index contributed by atoms with van der Waals surface area (Å²) in [5.74, 6) is 0.537. The van der Waals surface area contributed by atoms with Gasteiger partial charge in [0.25, 0.3) is 0 Å². The van der Waals surface area contributed by atoms with Gasteiger partial charge in [-0.1, -0.05) is 0 Å². The number of sulfonamides is 1. The monoisotopic (exact) mass is 313 g/mol. The molecule has 0 heterocycles. The lowest BCUT2D eigenvalue weighted by Gasteiger charge is -2.47. The molecule has 0 aromatic heterocycles. The van der Waals surface area contributed by atoms with Gasteiger partial charge in [0.2, 0.25) is 10.0 Å². The van der Waals surface area contributed by atoms with Crippen molar-refractivity contribution in [2.75, 3.05) is 33.5 Å². The molecule has 1 aliphatic carbocycles. The van der Waals surface area contributed by atoms with E-state index in [1.807, 2.05) is 14.1 Å². The van der Waals surface area contributed by atoms with Gasteiger partial charge in [0.05, 0.1) is 12.8 Å². The molecule has 0 radical (unpaired) electrons. The van der Waals surface area contributed by atoms with Crippen LogP contribution < -0.4 is 15.2 Å². The van der Waals surface area contributed by atoms with Gasteiger partial charge in [-0.05, 0) is 45.5 Å². The van der Waals surface area contributed by atoms with Crippen LogP contribution in [0.15, 0.2) is 23.1 Å². The molecule has 1 fully saturated rings. The van der Waals surface area contributed by atoms with E-state index in [1.54, 1.807) is 6.07 Å². The Balaban J connectivity index is 2.15. The first kappa shape index (κ1) is 16.1. The van der Waals surface area contributed by atoms with Gasteiger partial charge < -0.3 is 15.4 Å². The lowest BCUT2D eigenvalue weighted by atomic mass is 9.76. The molecule has 7 heteroatoms. The van der Waals surface area contributed by atoms with Crippen molar-refractivity contribution < 1.29 is 13.2 Å². The van der Waals surface area contributed by atoms with Crippen LogP contribution in [0.25, 0.3) is 0 Å². The highest BCUT2D eigenvalue weighted by Gasteiger charge is 2.40. The van der Waals surface area contributed by atoms with E-state index in [0.717, 1.165) is 19.3 Å². The van der Waals surface area contributed by atoms with Gasteiger partial charge >= 0.3 is 0 Å². The van der Waals surface area contributed by atoms with Gasteiger partial charge in [0.15, 0.2) is 0 Å². The summed E-state index contributed by atoms with van der Waals surface area (Å²) in [5.41, 5.74) is 5.93. The predicted octanol–water partition coefficient (Wildman–Crippen LogP) is 1.04. The van der Waals surface area contributed by atoms with Crippen molar-refractivity contribution in [3.8, 4) is 5.75 Å². The third-order valence-corrected chi connectivity index (χ3v) is 5.81. The molecule has 0 amide bonds. The molecule has 0 aliphatic heterocycles. The van der Waals surface area contributed by atoms with E-state index >= 15 is 0 Å². The summed E-state index contributed by atoms with van der Waals surface area (Å²) in [5, 5.41) is 0. The molecule has 118 valence electrons. The second-order valence-electron chi connectivity index (χ2n) is 5.70. The Labute approximate surface area is 126 Å². The second kappa shape index (κ2) is 5.82. The zero-order valence-corrected chi connectivity index (χ0v) is 13.5. The average Bonchev–Trinajstić information content (AvgIpc) is 2.36. The van der Waals surface area contributed by atoms with Crippen LogP contribution in [0.2, 0.25) is 0 Å². The van der Waals surface area contributed by atoms with Crippen molar-refractivity contribution in [1.82, 2.24) is 9.62 Å². The number of ether oxygens (including phenoxy) is 1. The molecule has 21 heavy (non-hydrogen) atoms. The van der Waals surface area contributed by atoms with Gasteiger partial charge in [-0.15, -0.1) is 0 Å². The lowest BCUT2D eigenvalue weighted by molar-refractivity contribution is 0.0657. The van der Waals surface area contributed by atoms with Gasteiger partial charge in [0.1, 0.15) is 10.6 Å². The van der Waals surface area contributed by atoms with Gasteiger partial charge in [-0.3, -0.25) is 0 Å². The molecule has 0 unspecified atom stereocenters. The Bertz CT molecular complexity index is 610. The number of likely N-dealkylation sites (N-methyl/N-ethyl adjacent to an activating group) is 1. The number of methoxy groups -OCH3 is 1. The van der Waals surface area contributed by atoms with Crippen LogP contribution in [-0.2, 0) is 10.0 Å². The number of nitrogens with one attached hydrogen (secondary N) is 1. The van der Waals surface area contributed by atoms with E-state index in [-0.39, 0.29) is 16.1 Å². The van der Waals surface area contributed by atoms with Crippen molar-refractivity contribution >= 4 is 15.7 Å². The minimum absolute atomic E-state index is 0.0751. The van der Waals surface area contributed by atoms with Gasteiger partial charge in [0, 0.05) is 18.2 Å². The highest BCUT2D eigenvalue weighted by Crippen LogP contribution is 2.36. The Morgan fingerprint density at radius 2 is 2.05 bits per heavy atom. The molecule has 1 aromatic carbocycles. The molecule has 0 saturated heterocycles. The van der Waals surface area contributed by atoms with E-state index in [4.69, 9.17) is 10.5 Å². The smallest absolute Gasteiger partial charge is 0.242 e. The van der Waals surface area contributed by atoms with E-state index < -0.39 is 10.0 Å². The van der Waals surface area contributed by atoms with Crippen LogP contribution in [-0.4, -0.2) is 46.6 Å². The fourth-order valence-electron chi connectivity index (χ4n) is 2.57. The summed E-state index contributed by atoms with van der Waals surface area (Å²) < 4.78 is 32.5. The zero-order valence-electron chi connectivity index (χ0n) is 12.7. The molecular weight excluding hydrogens is 290 g/mol. The number of hydrogen-bond acceptors (Lipinski definition) is 5. The number of nitrogen functional groups attached to an aromatic ring is 1. The lowest BCUT2D eigenvalue weighted by Crippen LogP contribution is -2.57. The summed E-state index contributed by atoms with van der Waals surface area (Å²) in [6, 6.07) is 4.58. The largest absolute Gasteiger partial charge is 0.497 e. The van der Waals surface area contributed by atoms with E-state index in [9.17, 15) is 8.42 Å². The Morgan fingerprint density at radius 3 is 2.48 bits per heavy atom. The van der Waals surface area contributed by atoms with Crippen LogP contribution in [0, 0.1) is 0 Å². The first-order chi connectivity index (χ1) is 9.81. The summed E-state index contributed by atoms with van der Waals surface area (Å²) in [6.07, 6.45) is 3.13. The van der Waals surface area contributed by atoms with Crippen molar-refractivity contribution in [1.29, 1.82) is 0 Å². The quantitative estimate of drug-likeness (QED) is 0.767. The van der Waals surface area contributed by atoms with Crippen LogP contribution in [0.4, 0.5) is 5.69 Å². The Morgan fingerprint density at radius 1 is 1.38 bits per heavy atom. The molecule has 0 bridgehead atoms. The summed E-state index contributed by atoms with van der Waals surface area (Å²) >= 11 is 0. The highest BCUT2D eigenvalue weighted by atomic mass is 32.2. The SMILES string of the molecule is COc1ccc(S(=O)(=O)NCC2(N(C)C)CCC2)c(N)c1. The number of hydrogen-bond donors (Lipinski definition) is 2. The standard InChI is InChI=1S/C14H23N3O3S/c1-17(2)14(7-4-8-14)10-16-21(18,19)13-6-5-11(20-3)9-12(13)15/h5-6,9,16H,4,7-8,10,15H2,1-3H3. The Kier molecular flexibility index (Phi) is 4.46. The molecule has 1 aliphatic rings. The fourth-order valence-corrected chi connectivity index (χ4v) is 3.80. The van der Waals surface area contributed by atoms with Gasteiger partial charge in [-0.25, -0.2) is 13.1 Å². The van der Waals surface area contributed by atoms with Crippen molar-refractivity contribution in [2.24, 2.45) is 0 Å². The number of anilines is 1. The maximum atomic E-state index is 12.4. The summed E-state index contributed by atoms with van der Waals surface area (Å²) in [4.78, 5) is 2.19. The van der Waals surface area contributed by atoms with E-state index in [2.05, 4.69) is 9.62 Å². The number of nitrogens with zero attached hydrogens (tertiary/aromatic N) is 1. The Hall–Kier alpha value is -1.31. The van der Waals surface area contributed by atoms with Gasteiger partial charge in [-0.2, -0.15) is 0 Å². The maximum Gasteiger partial charge on any atom is 0.242 e. The molecule has 1 aromatic rings. The fraction of sp³-hybridized carbons (Fsp3) is 0.571. The minimum Gasteiger partial charge on any atom is -0.497 e. The predicted molar refractivity (Wildman–Crippen MR) is 82.9 cm³/mol. The summed E-state index contributed by atoms with van der Waals surface area (Å²) in [7, 11) is 1.86. The van der Waals surface area contributed by atoms with Crippen LogP contribution in [0.3, 0.4) is 0 Å². The summed E-state index contributed by atoms with van der Waals surface area (Å²) in [6.45, 7) is 0.397. The van der Waals surface area contributed by atoms with Crippen LogP contribution in [0.5, 0.6) is 5.75 Å². The second-order valence-corrected chi connectivity index (χ2v) is 7.44. The molecule has 2 rings (SSSR count). The average molecular weight is 313 g/mol.